The smallest absolute Gasteiger partial charge is 0.151 e. The standard InChI is InChI=1S/2C16H11BrN2S.C16H10BrNS.CH3F/c1-19-13-7-6-11(17)9-12(13)18-16(19)15-8-10-4-2-3-5-14(10)20-15;1-19-13-9-11(17)6-7-12(13)18-16(19)15-8-10-4-2-3-5-14(10)20-15;17-12-5-6-13-11(7-12)8-14(18-13)16-9-10-3-1-2-4-15(10)19-16;1-2/h2*2-9H,1H3;1-9,18H;1H3/i;;;1D. The van der Waals surface area contributed by atoms with Crippen LogP contribution in [0.3, 0.4) is 0 Å². The zero-order valence-electron chi connectivity index (χ0n) is 33.7. The number of nitrogens with zero attached hydrogens (tertiary/aromatic N) is 4. The van der Waals surface area contributed by atoms with Crippen molar-refractivity contribution in [2.24, 2.45) is 14.1 Å². The number of H-pyrrole nitrogens is 1. The number of benzene rings is 6. The van der Waals surface area contributed by atoms with Crippen molar-refractivity contribution in [1.29, 1.82) is 0 Å². The van der Waals surface area contributed by atoms with Gasteiger partial charge in [0.25, 0.3) is 0 Å². The lowest BCUT2D eigenvalue weighted by Gasteiger charge is -1.99. The molecule has 0 saturated heterocycles. The van der Waals surface area contributed by atoms with Crippen LogP contribution in [0.5, 0.6) is 0 Å². The fraction of sp³-hybridized carbons (Fsp3) is 0.0612. The van der Waals surface area contributed by atoms with Gasteiger partial charge < -0.3 is 14.1 Å². The lowest BCUT2D eigenvalue weighted by Crippen LogP contribution is -1.90. The molecule has 6 aromatic carbocycles. The molecule has 1 N–H and O–H groups in total. The van der Waals surface area contributed by atoms with Gasteiger partial charge in [0.15, 0.2) is 11.6 Å². The summed E-state index contributed by atoms with van der Waals surface area (Å²) >= 11 is 15.9. The number of imidazole rings is 2. The largest absolute Gasteiger partial charge is 0.354 e. The molecule has 0 aliphatic rings. The van der Waals surface area contributed by atoms with Gasteiger partial charge >= 0.3 is 0 Å². The van der Waals surface area contributed by atoms with Crippen LogP contribution < -0.4 is 0 Å². The maximum absolute atomic E-state index is 9.96. The van der Waals surface area contributed by atoms with Gasteiger partial charge in [-0.25, -0.2) is 9.97 Å². The number of fused-ring (bicyclic) bond motifs is 6. The molecule has 0 unspecified atom stereocenters. The third-order valence-corrected chi connectivity index (χ3v) is 15.1. The molecular weight excluding hydrogens is 1010 g/mol. The van der Waals surface area contributed by atoms with Crippen LogP contribution in [0.15, 0.2) is 165 Å². The number of rotatable bonds is 3. The SMILES string of the molecule is Brc1ccc2[nH]c(-c3cc4ccccc4s3)cc2c1.Cn1c(-c2cc3ccccc3s2)nc2cc(Br)ccc21.Cn1c(-c2cc3ccccc3s2)nc2ccc(Br)cc21.[2H]CF. The first-order chi connectivity index (χ1) is 30.1. The number of hydrogen-bond donors (Lipinski definition) is 1. The quantitative estimate of drug-likeness (QED) is 0.192. The zero-order valence-corrected chi connectivity index (χ0v) is 39.9. The number of halogens is 4. The number of nitrogens with one attached hydrogen (secondary N) is 1. The van der Waals surface area contributed by atoms with Crippen molar-refractivity contribution >= 4 is 145 Å². The van der Waals surface area contributed by atoms with Gasteiger partial charge in [0.1, 0.15) is 0 Å². The maximum atomic E-state index is 9.96. The summed E-state index contributed by atoms with van der Waals surface area (Å²) in [5.74, 6) is 2.05. The fourth-order valence-corrected chi connectivity index (χ4v) is 11.6. The summed E-state index contributed by atoms with van der Waals surface area (Å²) < 4.78 is 27.0. The van der Waals surface area contributed by atoms with Gasteiger partial charge in [0, 0.05) is 52.5 Å². The second-order valence-corrected chi connectivity index (χ2v) is 20.1. The Kier molecular flexibility index (Phi) is 11.7. The van der Waals surface area contributed by atoms with Crippen LogP contribution in [0.2, 0.25) is 0 Å². The van der Waals surface area contributed by atoms with Gasteiger partial charge in [-0.1, -0.05) is 102 Å². The number of aryl methyl sites for hydroxylation is 2. The van der Waals surface area contributed by atoms with Crippen LogP contribution >= 0.6 is 81.8 Å². The molecule has 302 valence electrons. The molecule has 0 radical (unpaired) electrons. The first-order valence-corrected chi connectivity index (χ1v) is 23.8. The van der Waals surface area contributed by atoms with Crippen LogP contribution in [-0.4, -0.2) is 31.2 Å². The van der Waals surface area contributed by atoms with Gasteiger partial charge in [-0.3, -0.25) is 4.39 Å². The highest BCUT2D eigenvalue weighted by molar-refractivity contribution is 9.11. The molecule has 6 heterocycles. The predicted molar refractivity (Wildman–Crippen MR) is 272 cm³/mol. The van der Waals surface area contributed by atoms with E-state index in [1.165, 1.54) is 61.5 Å². The molecule has 0 aliphatic carbocycles. The minimum atomic E-state index is -1.00. The molecule has 0 amide bonds. The summed E-state index contributed by atoms with van der Waals surface area (Å²) in [4.78, 5) is 16.7. The van der Waals surface area contributed by atoms with Crippen molar-refractivity contribution in [3.63, 3.8) is 0 Å². The van der Waals surface area contributed by atoms with E-state index >= 15 is 0 Å². The summed E-state index contributed by atoms with van der Waals surface area (Å²) in [6.07, 6.45) is 0. The lowest BCUT2D eigenvalue weighted by molar-refractivity contribution is 0.636. The number of aromatic amines is 1. The third kappa shape index (κ3) is 8.49. The van der Waals surface area contributed by atoms with Crippen LogP contribution in [0.4, 0.5) is 4.39 Å². The molecule has 12 heteroatoms. The van der Waals surface area contributed by atoms with E-state index in [0.29, 0.717) is 0 Å². The van der Waals surface area contributed by atoms with Crippen LogP contribution in [0.1, 0.15) is 1.37 Å². The summed E-state index contributed by atoms with van der Waals surface area (Å²) in [5, 5.41) is 5.10. The van der Waals surface area contributed by atoms with Crippen LogP contribution in [-0.2, 0) is 14.1 Å². The molecular formula is C49H35Br3FN5S3. The Labute approximate surface area is 390 Å². The van der Waals surface area contributed by atoms with Gasteiger partial charge in [0.05, 0.1) is 50.9 Å². The molecule has 12 rings (SSSR count). The summed E-state index contributed by atoms with van der Waals surface area (Å²) in [6, 6.07) is 53.0. The molecule has 12 aromatic rings. The third-order valence-electron chi connectivity index (χ3n) is 10.3. The second-order valence-electron chi connectivity index (χ2n) is 14.1. The van der Waals surface area contributed by atoms with E-state index in [1.807, 2.05) is 17.4 Å². The average molecular weight is 1050 g/mol. The molecule has 0 spiro atoms. The van der Waals surface area contributed by atoms with E-state index in [4.69, 9.17) is 11.3 Å². The van der Waals surface area contributed by atoms with Crippen molar-refractivity contribution in [2.45, 2.75) is 0 Å². The molecule has 6 aromatic heterocycles. The Morgan fingerprint density at radius 3 is 1.59 bits per heavy atom. The number of alkyl halides is 1. The maximum Gasteiger partial charge on any atom is 0.151 e. The highest BCUT2D eigenvalue weighted by Crippen LogP contribution is 2.37. The number of aromatic nitrogens is 5. The van der Waals surface area contributed by atoms with Crippen molar-refractivity contribution in [1.82, 2.24) is 24.1 Å². The van der Waals surface area contributed by atoms with Crippen LogP contribution in [0, 0.1) is 0 Å². The van der Waals surface area contributed by atoms with Crippen molar-refractivity contribution in [3.05, 3.63) is 165 Å². The highest BCUT2D eigenvalue weighted by atomic mass is 79.9. The molecule has 5 nitrogen and oxygen atoms in total. The Bertz CT molecular complexity index is 3360. The monoisotopic (exact) mass is 1050 g/mol. The molecule has 0 saturated carbocycles. The Hall–Kier alpha value is -4.95. The summed E-state index contributed by atoms with van der Waals surface area (Å²) in [6.45, 7) is 0. The topological polar surface area (TPSA) is 51.4 Å². The Balaban J connectivity index is 0.000000115. The summed E-state index contributed by atoms with van der Waals surface area (Å²) in [7, 11) is 3.14. The van der Waals surface area contributed by atoms with Gasteiger partial charge in [-0.05, 0) is 113 Å². The Morgan fingerprint density at radius 2 is 0.984 bits per heavy atom. The number of hydrogen-bond acceptors (Lipinski definition) is 5. The molecule has 0 aliphatic heterocycles. The van der Waals surface area contributed by atoms with E-state index in [1.54, 1.807) is 22.7 Å². The highest BCUT2D eigenvalue weighted by Gasteiger charge is 2.14. The van der Waals surface area contributed by atoms with Crippen molar-refractivity contribution in [2.75, 3.05) is 7.15 Å². The van der Waals surface area contributed by atoms with E-state index < -0.39 is 7.15 Å². The normalized spacial score (nSPS) is 11.4. The van der Waals surface area contributed by atoms with Crippen molar-refractivity contribution in [3.8, 4) is 32.0 Å². The van der Waals surface area contributed by atoms with Crippen LogP contribution in [0.25, 0.3) is 95.2 Å². The minimum absolute atomic E-state index is 1.00. The van der Waals surface area contributed by atoms with Crippen molar-refractivity contribution < 1.29 is 5.76 Å². The zero-order chi connectivity index (χ0) is 42.9. The summed E-state index contributed by atoms with van der Waals surface area (Å²) in [5.41, 5.74) is 6.72. The van der Waals surface area contributed by atoms with Gasteiger partial charge in [-0.2, -0.15) is 0 Å². The first kappa shape index (κ1) is 40.1. The molecule has 0 atom stereocenters. The van der Waals surface area contributed by atoms with Gasteiger partial charge in [-0.15, -0.1) is 34.0 Å². The first-order valence-electron chi connectivity index (χ1n) is 19.7. The van der Waals surface area contributed by atoms with E-state index in [9.17, 15) is 4.39 Å². The van der Waals surface area contributed by atoms with E-state index in [-0.39, 0.29) is 0 Å². The van der Waals surface area contributed by atoms with E-state index in [0.717, 1.165) is 47.1 Å². The Morgan fingerprint density at radius 1 is 0.508 bits per heavy atom. The minimum Gasteiger partial charge on any atom is -0.354 e. The van der Waals surface area contributed by atoms with Gasteiger partial charge in [0.2, 0.25) is 0 Å². The average Bonchev–Trinajstić information content (AvgIpc) is 4.14. The van der Waals surface area contributed by atoms with E-state index in [2.05, 4.69) is 222 Å². The molecule has 0 bridgehead atoms. The second kappa shape index (κ2) is 17.8. The molecule has 61 heavy (non-hydrogen) atoms. The predicted octanol–water partition coefficient (Wildman–Crippen LogP) is 16.8. The number of thiophene rings is 3. The molecule has 0 fully saturated rings. The lowest BCUT2D eigenvalue weighted by atomic mass is 10.2. The fourth-order valence-electron chi connectivity index (χ4n) is 7.31.